The van der Waals surface area contributed by atoms with Crippen LogP contribution >= 0.6 is 0 Å². The fourth-order valence-corrected chi connectivity index (χ4v) is 5.13. The Bertz CT molecular complexity index is 1380. The molecule has 5 unspecified atom stereocenters. The lowest BCUT2D eigenvalue weighted by molar-refractivity contribution is -0.384. The maximum Gasteiger partial charge on any atom is 0.312 e. The number of nitrogens with one attached hydrogen (secondary N) is 1. The SMILES string of the molecule is CCOC(=O)C1C(C=NCC(C)(C)NCC(O)COc2ccccc2OC)N=C(C)C(C(=O)O)C1c1cccc([N+](=O)[O-])c1. The summed E-state index contributed by atoms with van der Waals surface area (Å²) in [4.78, 5) is 45.7. The zero-order valence-electron chi connectivity index (χ0n) is 25.5. The molecule has 13 nitrogen and oxygen atoms in total. The van der Waals surface area contributed by atoms with Gasteiger partial charge in [-0.2, -0.15) is 0 Å². The normalized spacial score (nSPS) is 20.9. The van der Waals surface area contributed by atoms with Gasteiger partial charge in [0.25, 0.3) is 5.69 Å². The van der Waals surface area contributed by atoms with Crippen LogP contribution in [0.1, 0.15) is 39.2 Å². The van der Waals surface area contributed by atoms with E-state index in [4.69, 9.17) is 14.2 Å². The predicted octanol–water partition coefficient (Wildman–Crippen LogP) is 3.29. The van der Waals surface area contributed by atoms with E-state index in [0.717, 1.165) is 0 Å². The number of hydrogen-bond acceptors (Lipinski definition) is 11. The number of carboxylic acid groups (broad SMARTS) is 1. The van der Waals surface area contributed by atoms with Crippen molar-refractivity contribution in [2.75, 3.05) is 33.4 Å². The number of aliphatic carboxylic acids is 1. The molecule has 0 fully saturated rings. The molecule has 0 radical (unpaired) electrons. The van der Waals surface area contributed by atoms with E-state index >= 15 is 0 Å². The molecule has 0 bridgehead atoms. The smallest absolute Gasteiger partial charge is 0.312 e. The van der Waals surface area contributed by atoms with Crippen molar-refractivity contribution in [3.8, 4) is 11.5 Å². The molecule has 2 aromatic rings. The molecular weight excluding hydrogens is 572 g/mol. The number of hydrogen-bond donors (Lipinski definition) is 3. The van der Waals surface area contributed by atoms with Crippen LogP contribution < -0.4 is 14.8 Å². The van der Waals surface area contributed by atoms with Gasteiger partial charge in [-0.3, -0.25) is 29.7 Å². The monoisotopic (exact) mass is 612 g/mol. The molecule has 3 N–H and O–H groups in total. The standard InChI is InChI=1S/C31H40N4O9/c1-6-43-30(39)28-23(34-19(2)26(29(37)38)27(28)20-10-9-11-21(14-20)35(40)41)16-32-18-31(3,4)33-15-22(36)17-44-25-13-8-7-12-24(25)42-5/h7-14,16,22-23,26-28,33,36H,6,15,17-18H2,1-5H3,(H,37,38). The van der Waals surface area contributed by atoms with Crippen LogP contribution in [0.2, 0.25) is 0 Å². The summed E-state index contributed by atoms with van der Waals surface area (Å²) in [6, 6.07) is 11.9. The third-order valence-electron chi connectivity index (χ3n) is 7.27. The molecule has 0 saturated heterocycles. The van der Waals surface area contributed by atoms with Crippen LogP contribution in [0.5, 0.6) is 11.5 Å². The van der Waals surface area contributed by atoms with Crippen LogP contribution in [0.3, 0.4) is 0 Å². The van der Waals surface area contributed by atoms with E-state index in [9.17, 15) is 29.9 Å². The third kappa shape index (κ3) is 8.83. The molecule has 0 aliphatic carbocycles. The van der Waals surface area contributed by atoms with E-state index in [0.29, 0.717) is 17.1 Å². The number of non-ortho nitro benzene ring substituents is 1. The molecular formula is C31H40N4O9. The number of para-hydroxylation sites is 2. The molecule has 238 valence electrons. The van der Waals surface area contributed by atoms with Crippen molar-refractivity contribution in [1.29, 1.82) is 0 Å². The fraction of sp³-hybridized carbons (Fsp3) is 0.484. The van der Waals surface area contributed by atoms with E-state index in [1.54, 1.807) is 32.0 Å². The summed E-state index contributed by atoms with van der Waals surface area (Å²) >= 11 is 0. The number of rotatable bonds is 15. The second kappa shape index (κ2) is 15.4. The minimum Gasteiger partial charge on any atom is -0.493 e. The summed E-state index contributed by atoms with van der Waals surface area (Å²) in [6.45, 7) is 7.52. The molecule has 0 spiro atoms. The number of benzene rings is 2. The lowest BCUT2D eigenvalue weighted by Crippen LogP contribution is -2.48. The number of esters is 1. The Labute approximate surface area is 256 Å². The summed E-state index contributed by atoms with van der Waals surface area (Å²) in [5, 5.41) is 35.3. The van der Waals surface area contributed by atoms with Crippen LogP contribution in [-0.2, 0) is 14.3 Å². The van der Waals surface area contributed by atoms with Gasteiger partial charge in [0.1, 0.15) is 18.6 Å². The molecule has 5 atom stereocenters. The molecule has 3 rings (SSSR count). The number of carbonyl (C=O) groups excluding carboxylic acids is 1. The van der Waals surface area contributed by atoms with E-state index in [1.807, 2.05) is 26.0 Å². The first-order valence-electron chi connectivity index (χ1n) is 14.3. The lowest BCUT2D eigenvalue weighted by atomic mass is 9.70. The number of nitro benzene ring substituents is 1. The first kappa shape index (κ1) is 34.1. The van der Waals surface area contributed by atoms with Gasteiger partial charge in [-0.25, -0.2) is 0 Å². The van der Waals surface area contributed by atoms with Gasteiger partial charge in [-0.15, -0.1) is 0 Å². The van der Waals surface area contributed by atoms with Crippen molar-refractivity contribution in [3.63, 3.8) is 0 Å². The lowest BCUT2D eigenvalue weighted by Gasteiger charge is -2.37. The largest absolute Gasteiger partial charge is 0.493 e. The fourth-order valence-electron chi connectivity index (χ4n) is 5.13. The Hall–Kier alpha value is -4.36. The van der Waals surface area contributed by atoms with Crippen LogP contribution in [0, 0.1) is 22.0 Å². The number of carbonyl (C=O) groups is 2. The average Bonchev–Trinajstić information content (AvgIpc) is 2.98. The van der Waals surface area contributed by atoms with Crippen LogP contribution in [0.25, 0.3) is 0 Å². The van der Waals surface area contributed by atoms with Crippen molar-refractivity contribution in [2.45, 2.75) is 51.3 Å². The summed E-state index contributed by atoms with van der Waals surface area (Å²) in [5.74, 6) is -4.06. The van der Waals surface area contributed by atoms with Crippen LogP contribution in [0.15, 0.2) is 58.5 Å². The van der Waals surface area contributed by atoms with Gasteiger partial charge >= 0.3 is 11.9 Å². The summed E-state index contributed by atoms with van der Waals surface area (Å²) in [6.07, 6.45) is 0.670. The van der Waals surface area contributed by atoms with E-state index in [2.05, 4.69) is 15.3 Å². The van der Waals surface area contributed by atoms with Crippen molar-refractivity contribution < 1.29 is 38.9 Å². The van der Waals surface area contributed by atoms with Crippen LogP contribution in [0.4, 0.5) is 5.69 Å². The zero-order chi connectivity index (χ0) is 32.4. The number of aliphatic hydroxyl groups is 1. The first-order valence-corrected chi connectivity index (χ1v) is 14.3. The van der Waals surface area contributed by atoms with Crippen LogP contribution in [-0.4, -0.2) is 90.1 Å². The van der Waals surface area contributed by atoms with Gasteiger partial charge in [0.2, 0.25) is 0 Å². The highest BCUT2D eigenvalue weighted by atomic mass is 16.6. The van der Waals surface area contributed by atoms with E-state index < -0.39 is 52.3 Å². The number of methoxy groups -OCH3 is 1. The van der Waals surface area contributed by atoms with Gasteiger partial charge in [-0.05, 0) is 45.4 Å². The van der Waals surface area contributed by atoms with Gasteiger partial charge in [-0.1, -0.05) is 24.3 Å². The molecule has 1 heterocycles. The van der Waals surface area contributed by atoms with E-state index in [-0.39, 0.29) is 37.7 Å². The number of nitro groups is 1. The van der Waals surface area contributed by atoms with Crippen molar-refractivity contribution in [1.82, 2.24) is 5.32 Å². The second-order valence-corrected chi connectivity index (χ2v) is 11.1. The van der Waals surface area contributed by atoms with Gasteiger partial charge in [0.05, 0.1) is 37.1 Å². The topological polar surface area (TPSA) is 182 Å². The maximum atomic E-state index is 13.3. The summed E-state index contributed by atoms with van der Waals surface area (Å²) in [7, 11) is 1.54. The third-order valence-corrected chi connectivity index (χ3v) is 7.27. The predicted molar refractivity (Wildman–Crippen MR) is 164 cm³/mol. The number of carboxylic acids is 1. The first-order chi connectivity index (χ1) is 20.9. The van der Waals surface area contributed by atoms with Gasteiger partial charge < -0.3 is 29.7 Å². The zero-order valence-corrected chi connectivity index (χ0v) is 25.5. The Morgan fingerprint density at radius 2 is 1.91 bits per heavy atom. The van der Waals surface area contributed by atoms with Crippen molar-refractivity contribution in [2.24, 2.45) is 21.8 Å². The van der Waals surface area contributed by atoms with Crippen molar-refractivity contribution >= 4 is 29.6 Å². The highest BCUT2D eigenvalue weighted by Gasteiger charge is 2.48. The quantitative estimate of drug-likeness (QED) is 0.117. The maximum absolute atomic E-state index is 13.3. The number of β-amino-alcohol motifs (C(OH)–C–C–N with tert-alkyl or cyclic N) is 1. The number of ether oxygens (including phenoxy) is 3. The molecule has 13 heteroatoms. The number of aliphatic imine (C=N–C) groups is 2. The van der Waals surface area contributed by atoms with Crippen molar-refractivity contribution in [3.05, 3.63) is 64.2 Å². The average molecular weight is 613 g/mol. The Morgan fingerprint density at radius 1 is 1.20 bits per heavy atom. The minimum atomic E-state index is -1.20. The minimum absolute atomic E-state index is 0.0355. The molecule has 1 aliphatic heterocycles. The highest BCUT2D eigenvalue weighted by Crippen LogP contribution is 2.41. The second-order valence-electron chi connectivity index (χ2n) is 11.1. The molecule has 0 aromatic heterocycles. The van der Waals surface area contributed by atoms with E-state index in [1.165, 1.54) is 31.5 Å². The van der Waals surface area contributed by atoms with Gasteiger partial charge in [0.15, 0.2) is 11.5 Å². The molecule has 1 aliphatic rings. The molecule has 0 amide bonds. The number of nitrogens with zero attached hydrogens (tertiary/aromatic N) is 3. The molecule has 44 heavy (non-hydrogen) atoms. The highest BCUT2D eigenvalue weighted by molar-refractivity contribution is 6.04. The number of aliphatic hydroxyl groups excluding tert-OH is 1. The molecule has 2 aromatic carbocycles. The summed E-state index contributed by atoms with van der Waals surface area (Å²) in [5.41, 5.74) is -0.217. The van der Waals surface area contributed by atoms with Gasteiger partial charge in [0, 0.05) is 42.1 Å². The summed E-state index contributed by atoms with van der Waals surface area (Å²) < 4.78 is 16.3. The Morgan fingerprint density at radius 3 is 2.55 bits per heavy atom. The Balaban J connectivity index is 1.77. The Kier molecular flexibility index (Phi) is 11.9. The molecule has 0 saturated carbocycles.